The predicted octanol–water partition coefficient (Wildman–Crippen LogP) is 3.57. The summed E-state index contributed by atoms with van der Waals surface area (Å²) in [4.78, 5) is 2.07. The third-order valence-corrected chi connectivity index (χ3v) is 2.94. The van der Waals surface area contributed by atoms with Gasteiger partial charge in [0, 0.05) is 29.7 Å². The minimum Gasteiger partial charge on any atom is -0.372 e. The lowest BCUT2D eigenvalue weighted by Crippen LogP contribution is -2.26. The van der Waals surface area contributed by atoms with Crippen molar-refractivity contribution in [2.45, 2.75) is 25.2 Å². The molecule has 1 rings (SSSR count). The molecule has 0 unspecified atom stereocenters. The Morgan fingerprint density at radius 3 is 2.57 bits per heavy atom. The van der Waals surface area contributed by atoms with Crippen molar-refractivity contribution >= 4 is 21.6 Å². The van der Waals surface area contributed by atoms with Crippen molar-refractivity contribution in [2.24, 2.45) is 0 Å². The van der Waals surface area contributed by atoms with Crippen molar-refractivity contribution in [3.05, 3.63) is 29.6 Å². The molecule has 0 heterocycles. The van der Waals surface area contributed by atoms with Crippen molar-refractivity contribution in [2.75, 3.05) is 11.9 Å². The van der Waals surface area contributed by atoms with Crippen molar-refractivity contribution in [3.63, 3.8) is 0 Å². The molecule has 0 amide bonds. The smallest absolute Gasteiger partial charge is 0.129 e. The van der Waals surface area contributed by atoms with Gasteiger partial charge in [0.1, 0.15) is 5.82 Å². The fourth-order valence-corrected chi connectivity index (χ4v) is 1.84. The van der Waals surface area contributed by atoms with Gasteiger partial charge in [-0.2, -0.15) is 0 Å². The minimum absolute atomic E-state index is 0.146. The Bertz CT molecular complexity index is 312. The highest BCUT2D eigenvalue weighted by Gasteiger charge is 2.12. The van der Waals surface area contributed by atoms with Gasteiger partial charge >= 0.3 is 0 Å². The number of halogens is 2. The van der Waals surface area contributed by atoms with Crippen LogP contribution in [0.3, 0.4) is 0 Å². The first-order chi connectivity index (χ1) is 6.57. The van der Waals surface area contributed by atoms with Gasteiger partial charge in [-0.25, -0.2) is 4.39 Å². The predicted molar refractivity (Wildman–Crippen MR) is 62.6 cm³/mol. The number of nitrogens with zero attached hydrogens (tertiary/aromatic N) is 1. The number of benzene rings is 1. The van der Waals surface area contributed by atoms with Gasteiger partial charge < -0.3 is 4.90 Å². The van der Waals surface area contributed by atoms with Gasteiger partial charge in [0.15, 0.2) is 0 Å². The maximum atomic E-state index is 13.4. The highest BCUT2D eigenvalue weighted by atomic mass is 79.9. The summed E-state index contributed by atoms with van der Waals surface area (Å²) in [7, 11) is 1.98. The maximum Gasteiger partial charge on any atom is 0.129 e. The van der Waals surface area contributed by atoms with E-state index >= 15 is 0 Å². The van der Waals surface area contributed by atoms with Crippen LogP contribution in [-0.2, 0) is 5.33 Å². The summed E-state index contributed by atoms with van der Waals surface area (Å²) >= 11 is 3.31. The molecule has 0 bridgehead atoms. The summed E-state index contributed by atoms with van der Waals surface area (Å²) in [5.41, 5.74) is 1.68. The molecule has 1 aromatic carbocycles. The molecule has 3 heteroatoms. The number of hydrogen-bond acceptors (Lipinski definition) is 1. The fourth-order valence-electron chi connectivity index (χ4n) is 1.29. The third kappa shape index (κ3) is 2.27. The van der Waals surface area contributed by atoms with Crippen LogP contribution >= 0.6 is 15.9 Å². The van der Waals surface area contributed by atoms with E-state index in [1.807, 2.05) is 13.1 Å². The Hall–Kier alpha value is -0.570. The number of hydrogen-bond donors (Lipinski definition) is 0. The van der Waals surface area contributed by atoms with E-state index < -0.39 is 0 Å². The average molecular weight is 260 g/mol. The van der Waals surface area contributed by atoms with Gasteiger partial charge in [-0.15, -0.1) is 0 Å². The molecule has 0 atom stereocenters. The first kappa shape index (κ1) is 11.5. The molecule has 1 aromatic rings. The molecule has 0 aliphatic carbocycles. The lowest BCUT2D eigenvalue weighted by atomic mass is 10.1. The lowest BCUT2D eigenvalue weighted by Gasteiger charge is -2.26. The second-order valence-corrected chi connectivity index (χ2v) is 4.14. The van der Waals surface area contributed by atoms with E-state index in [0.717, 1.165) is 11.3 Å². The maximum absolute atomic E-state index is 13.4. The van der Waals surface area contributed by atoms with Gasteiger partial charge in [-0.05, 0) is 26.0 Å². The normalized spacial score (nSPS) is 10.7. The van der Waals surface area contributed by atoms with Crippen molar-refractivity contribution in [1.82, 2.24) is 0 Å². The van der Waals surface area contributed by atoms with Crippen LogP contribution in [0.5, 0.6) is 0 Å². The molecule has 0 aliphatic rings. The van der Waals surface area contributed by atoms with Crippen LogP contribution in [-0.4, -0.2) is 13.1 Å². The molecule has 0 spiro atoms. The van der Waals surface area contributed by atoms with Gasteiger partial charge in [-0.1, -0.05) is 22.0 Å². The van der Waals surface area contributed by atoms with Crippen LogP contribution in [0.15, 0.2) is 18.2 Å². The summed E-state index contributed by atoms with van der Waals surface area (Å²) in [5.74, 6) is -0.146. The van der Waals surface area contributed by atoms with Gasteiger partial charge in [-0.3, -0.25) is 0 Å². The Balaban J connectivity index is 3.13. The van der Waals surface area contributed by atoms with E-state index in [0.29, 0.717) is 11.4 Å². The molecule has 0 fully saturated rings. The van der Waals surface area contributed by atoms with Crippen molar-refractivity contribution < 1.29 is 4.39 Å². The first-order valence-electron chi connectivity index (χ1n) is 4.64. The molecule has 0 saturated carbocycles. The second kappa shape index (κ2) is 4.78. The van der Waals surface area contributed by atoms with E-state index in [9.17, 15) is 4.39 Å². The summed E-state index contributed by atoms with van der Waals surface area (Å²) in [5, 5.41) is 0.548. The van der Waals surface area contributed by atoms with Crippen LogP contribution in [0.2, 0.25) is 0 Å². The van der Waals surface area contributed by atoms with Crippen LogP contribution in [0.25, 0.3) is 0 Å². The Labute approximate surface area is 93.0 Å². The molecular formula is C11H15BrFN. The second-order valence-electron chi connectivity index (χ2n) is 3.58. The zero-order chi connectivity index (χ0) is 10.7. The van der Waals surface area contributed by atoms with E-state index in [4.69, 9.17) is 0 Å². The van der Waals surface area contributed by atoms with E-state index in [2.05, 4.69) is 34.7 Å². The molecule has 0 aliphatic heterocycles. The zero-order valence-electron chi connectivity index (χ0n) is 8.72. The monoisotopic (exact) mass is 259 g/mol. The van der Waals surface area contributed by atoms with Crippen molar-refractivity contribution in [3.8, 4) is 0 Å². The summed E-state index contributed by atoms with van der Waals surface area (Å²) in [6.45, 7) is 4.17. The Morgan fingerprint density at radius 1 is 1.43 bits per heavy atom. The van der Waals surface area contributed by atoms with Gasteiger partial charge in [0.2, 0.25) is 0 Å². The van der Waals surface area contributed by atoms with Crippen LogP contribution in [0.4, 0.5) is 10.1 Å². The molecule has 0 radical (unpaired) electrons. The molecular weight excluding hydrogens is 245 g/mol. The highest BCUT2D eigenvalue weighted by molar-refractivity contribution is 9.08. The molecule has 1 nitrogen and oxygen atoms in total. The zero-order valence-corrected chi connectivity index (χ0v) is 10.3. The molecule has 0 saturated heterocycles. The number of alkyl halides is 1. The van der Waals surface area contributed by atoms with Crippen LogP contribution in [0, 0.1) is 5.82 Å². The quantitative estimate of drug-likeness (QED) is 0.751. The highest BCUT2D eigenvalue weighted by Crippen LogP contribution is 2.25. The SMILES string of the molecule is CC(C)N(C)c1cccc(F)c1CBr. The van der Waals surface area contributed by atoms with Crippen LogP contribution < -0.4 is 4.90 Å². The average Bonchev–Trinajstić information content (AvgIpc) is 2.16. The lowest BCUT2D eigenvalue weighted by molar-refractivity contribution is 0.615. The summed E-state index contributed by atoms with van der Waals surface area (Å²) in [6.07, 6.45) is 0. The summed E-state index contributed by atoms with van der Waals surface area (Å²) < 4.78 is 13.4. The third-order valence-electron chi connectivity index (χ3n) is 2.38. The van der Waals surface area contributed by atoms with Crippen molar-refractivity contribution in [1.29, 1.82) is 0 Å². The largest absolute Gasteiger partial charge is 0.372 e. The molecule has 14 heavy (non-hydrogen) atoms. The number of rotatable bonds is 3. The molecule has 0 aromatic heterocycles. The van der Waals surface area contributed by atoms with E-state index in [1.165, 1.54) is 6.07 Å². The topological polar surface area (TPSA) is 3.24 Å². The Morgan fingerprint density at radius 2 is 2.07 bits per heavy atom. The van der Waals surface area contributed by atoms with E-state index in [1.54, 1.807) is 6.07 Å². The molecule has 78 valence electrons. The summed E-state index contributed by atoms with van der Waals surface area (Å²) in [6, 6.07) is 5.55. The Kier molecular flexibility index (Phi) is 3.93. The minimum atomic E-state index is -0.146. The van der Waals surface area contributed by atoms with E-state index in [-0.39, 0.29) is 5.82 Å². The standard InChI is InChI=1S/C11H15BrFN/c1-8(2)14(3)11-6-4-5-10(13)9(11)7-12/h4-6,8H,7H2,1-3H3. The number of anilines is 1. The van der Waals surface area contributed by atoms with Gasteiger partial charge in [0.05, 0.1) is 0 Å². The van der Waals surface area contributed by atoms with Crippen LogP contribution in [0.1, 0.15) is 19.4 Å². The first-order valence-corrected chi connectivity index (χ1v) is 5.76. The van der Waals surface area contributed by atoms with Gasteiger partial charge in [0.25, 0.3) is 0 Å². The molecule has 0 N–H and O–H groups in total. The fraction of sp³-hybridized carbons (Fsp3) is 0.455.